The van der Waals surface area contributed by atoms with E-state index >= 15 is 0 Å². The number of methoxy groups -OCH3 is 1. The van der Waals surface area contributed by atoms with Crippen molar-refractivity contribution in [3.05, 3.63) is 47.9 Å². The van der Waals surface area contributed by atoms with Crippen LogP contribution in [0.25, 0.3) is 0 Å². The summed E-state index contributed by atoms with van der Waals surface area (Å²) >= 11 is 0. The average molecular weight is 328 g/mol. The monoisotopic (exact) mass is 328 g/mol. The van der Waals surface area contributed by atoms with Gasteiger partial charge in [0.2, 0.25) is 0 Å². The lowest BCUT2D eigenvalue weighted by Crippen LogP contribution is -2.27. The molecule has 0 saturated heterocycles. The molecule has 0 radical (unpaired) electrons. The Morgan fingerprint density at radius 3 is 2.88 bits per heavy atom. The number of benzene rings is 1. The van der Waals surface area contributed by atoms with Gasteiger partial charge in [0.25, 0.3) is 5.91 Å². The Morgan fingerprint density at radius 1 is 1.29 bits per heavy atom. The Balaban J connectivity index is 1.89. The van der Waals surface area contributed by atoms with Crippen LogP contribution in [0.4, 0.5) is 5.82 Å². The van der Waals surface area contributed by atoms with E-state index in [4.69, 9.17) is 4.74 Å². The molecule has 1 atom stereocenters. The van der Waals surface area contributed by atoms with Crippen LogP contribution in [0, 0.1) is 0 Å². The fraction of sp³-hybridized carbons (Fsp3) is 0.389. The molecule has 2 aromatic rings. The minimum Gasteiger partial charge on any atom is -0.497 e. The van der Waals surface area contributed by atoms with Crippen molar-refractivity contribution in [3.8, 4) is 5.75 Å². The molecule has 1 unspecified atom stereocenters. The maximum absolute atomic E-state index is 12.2. The van der Waals surface area contributed by atoms with Crippen molar-refractivity contribution in [3.63, 3.8) is 0 Å². The van der Waals surface area contributed by atoms with Crippen LogP contribution in [0.2, 0.25) is 0 Å². The normalized spacial score (nSPS) is 11.6. The fourth-order valence-corrected chi connectivity index (χ4v) is 2.15. The summed E-state index contributed by atoms with van der Waals surface area (Å²) in [5.41, 5.74) is 1.47. The molecule has 2 rings (SSSR count). The highest BCUT2D eigenvalue weighted by Gasteiger charge is 2.09. The average Bonchev–Trinajstić information content (AvgIpc) is 2.62. The van der Waals surface area contributed by atoms with Crippen LogP contribution in [0.3, 0.4) is 0 Å². The Bertz CT molecular complexity index is 676. The highest BCUT2D eigenvalue weighted by atomic mass is 16.5. The van der Waals surface area contributed by atoms with Gasteiger partial charge in [-0.2, -0.15) is 0 Å². The smallest absolute Gasteiger partial charge is 0.270 e. The van der Waals surface area contributed by atoms with E-state index in [0.717, 1.165) is 24.2 Å². The van der Waals surface area contributed by atoms with Gasteiger partial charge in [-0.25, -0.2) is 9.97 Å². The lowest BCUT2D eigenvalue weighted by molar-refractivity contribution is 0.0949. The van der Waals surface area contributed by atoms with Crippen LogP contribution in [0.15, 0.2) is 36.7 Å². The summed E-state index contributed by atoms with van der Waals surface area (Å²) in [6.45, 7) is 4.69. The zero-order chi connectivity index (χ0) is 17.4. The molecule has 1 amide bonds. The van der Waals surface area contributed by atoms with Crippen molar-refractivity contribution in [1.82, 2.24) is 15.3 Å². The summed E-state index contributed by atoms with van der Waals surface area (Å²) in [6, 6.07) is 9.78. The topological polar surface area (TPSA) is 76.1 Å². The molecular formula is C18H24N4O2. The molecule has 24 heavy (non-hydrogen) atoms. The van der Waals surface area contributed by atoms with E-state index in [1.165, 1.54) is 6.33 Å². The predicted octanol–water partition coefficient (Wildman–Crippen LogP) is 2.67. The number of carbonyl (C=O) groups is 1. The Morgan fingerprint density at radius 2 is 2.12 bits per heavy atom. The number of anilines is 1. The van der Waals surface area contributed by atoms with Gasteiger partial charge in [0, 0.05) is 18.7 Å². The molecule has 0 aliphatic rings. The minimum absolute atomic E-state index is 0.201. The van der Waals surface area contributed by atoms with Gasteiger partial charge >= 0.3 is 0 Å². The maximum Gasteiger partial charge on any atom is 0.270 e. The molecule has 1 aromatic carbocycles. The van der Waals surface area contributed by atoms with Crippen molar-refractivity contribution < 1.29 is 9.53 Å². The number of nitrogens with zero attached hydrogens (tertiary/aromatic N) is 2. The van der Waals surface area contributed by atoms with Crippen LogP contribution in [0.1, 0.15) is 36.3 Å². The van der Waals surface area contributed by atoms with E-state index in [-0.39, 0.29) is 5.91 Å². The summed E-state index contributed by atoms with van der Waals surface area (Å²) in [5, 5.41) is 6.12. The zero-order valence-electron chi connectivity index (χ0n) is 14.4. The molecule has 1 heterocycles. The molecule has 0 fully saturated rings. The molecule has 6 heteroatoms. The number of aromatic nitrogens is 2. The number of hydrogen-bond donors (Lipinski definition) is 2. The van der Waals surface area contributed by atoms with E-state index in [1.807, 2.05) is 24.3 Å². The lowest BCUT2D eigenvalue weighted by atomic mass is 10.1. The third kappa shape index (κ3) is 5.22. The first-order chi connectivity index (χ1) is 11.6. The molecule has 2 N–H and O–H groups in total. The van der Waals surface area contributed by atoms with Gasteiger partial charge in [-0.1, -0.05) is 19.1 Å². The quantitative estimate of drug-likeness (QED) is 0.779. The Kier molecular flexibility index (Phi) is 6.54. The summed E-state index contributed by atoms with van der Waals surface area (Å²) < 4.78 is 5.19. The van der Waals surface area contributed by atoms with E-state index in [1.54, 1.807) is 13.2 Å². The molecule has 0 saturated carbocycles. The number of hydrogen-bond acceptors (Lipinski definition) is 5. The fourth-order valence-electron chi connectivity index (χ4n) is 2.15. The second kappa shape index (κ2) is 8.86. The number of nitrogens with one attached hydrogen (secondary N) is 2. The van der Waals surface area contributed by atoms with Crippen LogP contribution >= 0.6 is 0 Å². The van der Waals surface area contributed by atoms with Gasteiger partial charge < -0.3 is 15.4 Å². The maximum atomic E-state index is 12.2. The van der Waals surface area contributed by atoms with Crippen molar-refractivity contribution in [2.24, 2.45) is 0 Å². The van der Waals surface area contributed by atoms with Crippen molar-refractivity contribution in [2.45, 2.75) is 32.7 Å². The van der Waals surface area contributed by atoms with Gasteiger partial charge in [0.05, 0.1) is 7.11 Å². The second-order valence-corrected chi connectivity index (χ2v) is 5.60. The first-order valence-electron chi connectivity index (χ1n) is 8.12. The predicted molar refractivity (Wildman–Crippen MR) is 94.4 cm³/mol. The standard InChI is InChI=1S/C18H24N4O2/c1-4-13(2)22-17-11-16(20-12-21-17)18(23)19-9-8-14-6-5-7-15(10-14)24-3/h5-7,10-13H,4,8-9H2,1-3H3,(H,19,23)(H,20,21,22). The van der Waals surface area contributed by atoms with Gasteiger partial charge in [-0.3, -0.25) is 4.79 Å². The summed E-state index contributed by atoms with van der Waals surface area (Å²) in [6.07, 6.45) is 3.11. The Labute approximate surface area is 142 Å². The number of rotatable bonds is 8. The summed E-state index contributed by atoms with van der Waals surface area (Å²) in [4.78, 5) is 20.4. The molecule has 6 nitrogen and oxygen atoms in total. The summed E-state index contributed by atoms with van der Waals surface area (Å²) in [7, 11) is 1.64. The Hall–Kier alpha value is -2.63. The highest BCUT2D eigenvalue weighted by molar-refractivity contribution is 5.92. The molecule has 0 aliphatic heterocycles. The van der Waals surface area contributed by atoms with Crippen LogP contribution in [0.5, 0.6) is 5.75 Å². The number of ether oxygens (including phenoxy) is 1. The van der Waals surface area contributed by atoms with Crippen LogP contribution < -0.4 is 15.4 Å². The molecular weight excluding hydrogens is 304 g/mol. The van der Waals surface area contributed by atoms with E-state index in [9.17, 15) is 4.79 Å². The number of amides is 1. The zero-order valence-corrected chi connectivity index (χ0v) is 14.4. The van der Waals surface area contributed by atoms with Gasteiger partial charge in [-0.05, 0) is 37.5 Å². The van der Waals surface area contributed by atoms with E-state index in [2.05, 4.69) is 34.4 Å². The first kappa shape index (κ1) is 17.7. The van der Waals surface area contributed by atoms with Crippen LogP contribution in [-0.4, -0.2) is 35.6 Å². The van der Waals surface area contributed by atoms with Crippen molar-refractivity contribution in [2.75, 3.05) is 19.0 Å². The van der Waals surface area contributed by atoms with E-state index < -0.39 is 0 Å². The third-order valence-corrected chi connectivity index (χ3v) is 3.74. The number of carbonyl (C=O) groups excluding carboxylic acids is 1. The molecule has 0 aliphatic carbocycles. The highest BCUT2D eigenvalue weighted by Crippen LogP contribution is 2.12. The van der Waals surface area contributed by atoms with Gasteiger partial charge in [0.1, 0.15) is 23.6 Å². The van der Waals surface area contributed by atoms with Crippen LogP contribution in [-0.2, 0) is 6.42 Å². The van der Waals surface area contributed by atoms with Crippen molar-refractivity contribution >= 4 is 11.7 Å². The first-order valence-corrected chi connectivity index (χ1v) is 8.12. The summed E-state index contributed by atoms with van der Waals surface area (Å²) in [5.74, 6) is 1.28. The lowest BCUT2D eigenvalue weighted by Gasteiger charge is -2.12. The molecule has 0 spiro atoms. The molecule has 128 valence electrons. The van der Waals surface area contributed by atoms with Crippen molar-refractivity contribution in [1.29, 1.82) is 0 Å². The minimum atomic E-state index is -0.201. The second-order valence-electron chi connectivity index (χ2n) is 5.60. The molecule has 1 aromatic heterocycles. The molecule has 0 bridgehead atoms. The van der Waals surface area contributed by atoms with E-state index in [0.29, 0.717) is 24.1 Å². The van der Waals surface area contributed by atoms with Gasteiger partial charge in [-0.15, -0.1) is 0 Å². The van der Waals surface area contributed by atoms with Gasteiger partial charge in [0.15, 0.2) is 0 Å². The largest absolute Gasteiger partial charge is 0.497 e. The third-order valence-electron chi connectivity index (χ3n) is 3.74. The SMILES string of the molecule is CCC(C)Nc1cc(C(=O)NCCc2cccc(OC)c2)ncn1.